The SMILES string of the molecule is CCC1CN(CCOc2ccc(C(=O)O)cc2)CCN1C. The van der Waals surface area contributed by atoms with E-state index >= 15 is 0 Å². The predicted octanol–water partition coefficient (Wildman–Crippen LogP) is 1.79. The van der Waals surface area contributed by atoms with Crippen LogP contribution >= 0.6 is 0 Å². The molecular weight excluding hydrogens is 268 g/mol. The number of piperazine rings is 1. The molecule has 1 unspecified atom stereocenters. The van der Waals surface area contributed by atoms with E-state index in [9.17, 15) is 4.79 Å². The van der Waals surface area contributed by atoms with Gasteiger partial charge in [0.25, 0.3) is 0 Å². The zero-order valence-corrected chi connectivity index (χ0v) is 12.8. The third-order valence-corrected chi connectivity index (χ3v) is 4.11. The maximum absolute atomic E-state index is 10.8. The van der Waals surface area contributed by atoms with Crippen LogP contribution in [-0.2, 0) is 0 Å². The highest BCUT2D eigenvalue weighted by molar-refractivity contribution is 5.87. The van der Waals surface area contributed by atoms with Gasteiger partial charge in [0.2, 0.25) is 0 Å². The lowest BCUT2D eigenvalue weighted by molar-refractivity contribution is 0.0697. The largest absolute Gasteiger partial charge is 0.492 e. The van der Waals surface area contributed by atoms with Crippen LogP contribution in [-0.4, -0.2) is 66.8 Å². The second-order valence-electron chi connectivity index (χ2n) is 5.52. The number of rotatable bonds is 6. The van der Waals surface area contributed by atoms with Crippen molar-refractivity contribution in [3.8, 4) is 5.75 Å². The molecule has 1 aromatic rings. The van der Waals surface area contributed by atoms with Crippen molar-refractivity contribution < 1.29 is 14.6 Å². The zero-order chi connectivity index (χ0) is 15.2. The smallest absolute Gasteiger partial charge is 0.335 e. The lowest BCUT2D eigenvalue weighted by Gasteiger charge is -2.39. The molecule has 1 N–H and O–H groups in total. The van der Waals surface area contributed by atoms with Gasteiger partial charge < -0.3 is 14.7 Å². The summed E-state index contributed by atoms with van der Waals surface area (Å²) in [7, 11) is 2.19. The summed E-state index contributed by atoms with van der Waals surface area (Å²) in [5.41, 5.74) is 0.284. The number of carbonyl (C=O) groups is 1. The van der Waals surface area contributed by atoms with Crippen molar-refractivity contribution >= 4 is 5.97 Å². The molecule has 0 aliphatic carbocycles. The molecule has 1 fully saturated rings. The van der Waals surface area contributed by atoms with Gasteiger partial charge in [-0.25, -0.2) is 4.79 Å². The highest BCUT2D eigenvalue weighted by Gasteiger charge is 2.22. The van der Waals surface area contributed by atoms with Crippen molar-refractivity contribution in [1.82, 2.24) is 9.80 Å². The third-order valence-electron chi connectivity index (χ3n) is 4.11. The van der Waals surface area contributed by atoms with Crippen molar-refractivity contribution in [2.75, 3.05) is 39.8 Å². The van der Waals surface area contributed by atoms with Gasteiger partial charge in [-0.05, 0) is 37.7 Å². The van der Waals surface area contributed by atoms with Gasteiger partial charge in [-0.3, -0.25) is 4.90 Å². The van der Waals surface area contributed by atoms with Gasteiger partial charge >= 0.3 is 5.97 Å². The fourth-order valence-electron chi connectivity index (χ4n) is 2.64. The summed E-state index contributed by atoms with van der Waals surface area (Å²) in [5, 5.41) is 8.84. The minimum absolute atomic E-state index is 0.284. The molecule has 0 radical (unpaired) electrons. The number of carboxylic acids is 1. The van der Waals surface area contributed by atoms with E-state index in [0.29, 0.717) is 12.6 Å². The summed E-state index contributed by atoms with van der Waals surface area (Å²) in [5.74, 6) is -0.189. The quantitative estimate of drug-likeness (QED) is 0.866. The summed E-state index contributed by atoms with van der Waals surface area (Å²) >= 11 is 0. The minimum Gasteiger partial charge on any atom is -0.492 e. The van der Waals surface area contributed by atoms with Crippen LogP contribution in [0.15, 0.2) is 24.3 Å². The van der Waals surface area contributed by atoms with E-state index < -0.39 is 5.97 Å². The van der Waals surface area contributed by atoms with E-state index in [1.54, 1.807) is 24.3 Å². The van der Waals surface area contributed by atoms with Crippen LogP contribution in [0, 0.1) is 0 Å². The predicted molar refractivity (Wildman–Crippen MR) is 82.0 cm³/mol. The van der Waals surface area contributed by atoms with Crippen LogP contribution in [0.1, 0.15) is 23.7 Å². The van der Waals surface area contributed by atoms with Crippen LogP contribution in [0.25, 0.3) is 0 Å². The molecule has 0 amide bonds. The molecule has 5 nitrogen and oxygen atoms in total. The molecule has 5 heteroatoms. The fourth-order valence-corrected chi connectivity index (χ4v) is 2.64. The Morgan fingerprint density at radius 3 is 2.67 bits per heavy atom. The monoisotopic (exact) mass is 292 g/mol. The summed E-state index contributed by atoms with van der Waals surface area (Å²) in [6.07, 6.45) is 1.17. The summed E-state index contributed by atoms with van der Waals surface area (Å²) in [6.45, 7) is 7.04. The molecule has 0 bridgehead atoms. The standard InChI is InChI=1S/C16H24N2O3/c1-3-14-12-18(9-8-17(14)2)10-11-21-15-6-4-13(5-7-15)16(19)20/h4-7,14H,3,8-12H2,1-2H3,(H,19,20). The first-order chi connectivity index (χ1) is 10.1. The van der Waals surface area contributed by atoms with Crippen molar-refractivity contribution in [2.45, 2.75) is 19.4 Å². The van der Waals surface area contributed by atoms with E-state index in [-0.39, 0.29) is 5.56 Å². The van der Waals surface area contributed by atoms with E-state index in [1.807, 2.05) is 0 Å². The van der Waals surface area contributed by atoms with Crippen molar-refractivity contribution in [3.63, 3.8) is 0 Å². The molecule has 0 spiro atoms. The van der Waals surface area contributed by atoms with E-state index in [0.717, 1.165) is 31.9 Å². The number of hydrogen-bond donors (Lipinski definition) is 1. The Morgan fingerprint density at radius 2 is 2.05 bits per heavy atom. The first kappa shape index (κ1) is 15.8. The Kier molecular flexibility index (Phi) is 5.59. The molecule has 1 aromatic carbocycles. The molecule has 1 aliphatic rings. The molecule has 1 heterocycles. The van der Waals surface area contributed by atoms with E-state index in [4.69, 9.17) is 9.84 Å². The molecule has 1 aliphatic heterocycles. The van der Waals surface area contributed by atoms with Crippen LogP contribution in [0.5, 0.6) is 5.75 Å². The normalized spacial score (nSPS) is 20.4. The minimum atomic E-state index is -0.912. The lowest BCUT2D eigenvalue weighted by Crippen LogP contribution is -2.51. The maximum atomic E-state index is 10.8. The van der Waals surface area contributed by atoms with Crippen LogP contribution in [0.4, 0.5) is 0 Å². The highest BCUT2D eigenvalue weighted by atomic mass is 16.5. The number of benzene rings is 1. The molecule has 21 heavy (non-hydrogen) atoms. The van der Waals surface area contributed by atoms with Crippen molar-refractivity contribution in [1.29, 1.82) is 0 Å². The van der Waals surface area contributed by atoms with E-state index in [1.165, 1.54) is 6.42 Å². The number of hydrogen-bond acceptors (Lipinski definition) is 4. The average molecular weight is 292 g/mol. The number of ether oxygens (including phenoxy) is 1. The van der Waals surface area contributed by atoms with Crippen molar-refractivity contribution in [2.24, 2.45) is 0 Å². The number of nitrogens with zero attached hydrogens (tertiary/aromatic N) is 2. The molecule has 1 saturated heterocycles. The highest BCUT2D eigenvalue weighted by Crippen LogP contribution is 2.13. The number of carboxylic acid groups (broad SMARTS) is 1. The summed E-state index contributed by atoms with van der Waals surface area (Å²) in [4.78, 5) is 15.6. The van der Waals surface area contributed by atoms with Gasteiger partial charge in [-0.1, -0.05) is 6.92 Å². The van der Waals surface area contributed by atoms with Gasteiger partial charge in [-0.15, -0.1) is 0 Å². The Morgan fingerprint density at radius 1 is 1.33 bits per heavy atom. The van der Waals surface area contributed by atoms with Gasteiger partial charge in [0, 0.05) is 32.2 Å². The van der Waals surface area contributed by atoms with Gasteiger partial charge in [0.1, 0.15) is 12.4 Å². The Labute approximate surface area is 126 Å². The van der Waals surface area contributed by atoms with Crippen molar-refractivity contribution in [3.05, 3.63) is 29.8 Å². The van der Waals surface area contributed by atoms with Gasteiger partial charge in [-0.2, -0.15) is 0 Å². The third kappa shape index (κ3) is 4.44. The fraction of sp³-hybridized carbons (Fsp3) is 0.562. The Hall–Kier alpha value is -1.59. The Balaban J connectivity index is 1.75. The topological polar surface area (TPSA) is 53.0 Å². The van der Waals surface area contributed by atoms with Crippen LogP contribution < -0.4 is 4.74 Å². The molecule has 0 saturated carbocycles. The zero-order valence-electron chi connectivity index (χ0n) is 12.8. The molecule has 0 aromatic heterocycles. The number of aromatic carboxylic acids is 1. The Bertz CT molecular complexity index is 461. The molecule has 2 rings (SSSR count). The summed E-state index contributed by atoms with van der Waals surface area (Å²) in [6, 6.07) is 7.19. The number of likely N-dealkylation sites (N-methyl/N-ethyl adjacent to an activating group) is 1. The van der Waals surface area contributed by atoms with Gasteiger partial charge in [0.05, 0.1) is 5.56 Å². The molecule has 1 atom stereocenters. The lowest BCUT2D eigenvalue weighted by atomic mass is 10.1. The van der Waals surface area contributed by atoms with Gasteiger partial charge in [0.15, 0.2) is 0 Å². The second-order valence-corrected chi connectivity index (χ2v) is 5.52. The first-order valence-corrected chi connectivity index (χ1v) is 7.49. The van der Waals surface area contributed by atoms with Crippen LogP contribution in [0.3, 0.4) is 0 Å². The first-order valence-electron chi connectivity index (χ1n) is 7.49. The van der Waals surface area contributed by atoms with E-state index in [2.05, 4.69) is 23.8 Å². The average Bonchev–Trinajstić information content (AvgIpc) is 2.49. The second kappa shape index (κ2) is 7.43. The summed E-state index contributed by atoms with van der Waals surface area (Å²) < 4.78 is 5.69. The molecule has 116 valence electrons. The molecular formula is C16H24N2O3. The van der Waals surface area contributed by atoms with Crippen LogP contribution in [0.2, 0.25) is 0 Å². The maximum Gasteiger partial charge on any atom is 0.335 e.